The molecule has 1 amide bonds. The molecule has 0 aromatic heterocycles. The van der Waals surface area contributed by atoms with Crippen molar-refractivity contribution in [3.05, 3.63) is 101 Å². The van der Waals surface area contributed by atoms with Crippen LogP contribution in [0.2, 0.25) is 0 Å². The van der Waals surface area contributed by atoms with E-state index >= 15 is 0 Å². The van der Waals surface area contributed by atoms with E-state index in [4.69, 9.17) is 15.6 Å². The first-order valence-electron chi connectivity index (χ1n) is 11.9. The largest absolute Gasteiger partial charge is 0.425 e. The third-order valence-electron chi connectivity index (χ3n) is 6.84. The summed E-state index contributed by atoms with van der Waals surface area (Å²) in [7, 11) is 0. The Morgan fingerprint density at radius 2 is 1.59 bits per heavy atom. The molecule has 0 aliphatic heterocycles. The first-order chi connectivity index (χ1) is 16.6. The standard InChI is InChI=1S/C29H31NO4/c30-29(33)23(18-26(20-9-3-1-4-10-20)21-11-5-2-6-12-21)17-22-13-7-15-25-24(22)14-8-16-27(25)34-28(32)19-31/h1-6,8-12,14,16,22-23,26,31H,7,13,15,17-19H2,(H2,30,33). The smallest absolute Gasteiger partial charge is 0.337 e. The van der Waals surface area contributed by atoms with Crippen LogP contribution in [0.4, 0.5) is 0 Å². The van der Waals surface area contributed by atoms with Gasteiger partial charge in [0.1, 0.15) is 12.4 Å². The molecular formula is C29H31NO4. The summed E-state index contributed by atoms with van der Waals surface area (Å²) >= 11 is 0. The zero-order valence-corrected chi connectivity index (χ0v) is 19.2. The second kappa shape index (κ2) is 11.1. The third kappa shape index (κ3) is 5.54. The van der Waals surface area contributed by atoms with E-state index in [1.54, 1.807) is 6.07 Å². The number of esters is 1. The molecule has 4 rings (SSSR count). The number of hydrogen-bond donors (Lipinski definition) is 2. The van der Waals surface area contributed by atoms with Gasteiger partial charge in [-0.05, 0) is 66.3 Å². The molecule has 1 aliphatic rings. The molecule has 3 aromatic carbocycles. The van der Waals surface area contributed by atoms with Crippen molar-refractivity contribution in [1.82, 2.24) is 0 Å². The molecular weight excluding hydrogens is 426 g/mol. The highest BCUT2D eigenvalue weighted by atomic mass is 16.5. The van der Waals surface area contributed by atoms with Crippen LogP contribution in [0.15, 0.2) is 78.9 Å². The zero-order valence-electron chi connectivity index (χ0n) is 19.2. The number of carbonyl (C=O) groups excluding carboxylic acids is 2. The Morgan fingerprint density at radius 1 is 0.941 bits per heavy atom. The van der Waals surface area contributed by atoms with Gasteiger partial charge in [0.2, 0.25) is 5.91 Å². The van der Waals surface area contributed by atoms with Gasteiger partial charge in [-0.2, -0.15) is 0 Å². The van der Waals surface area contributed by atoms with E-state index in [9.17, 15) is 9.59 Å². The molecule has 5 nitrogen and oxygen atoms in total. The number of nitrogens with two attached hydrogens (primary N) is 1. The summed E-state index contributed by atoms with van der Waals surface area (Å²) in [6, 6.07) is 26.2. The van der Waals surface area contributed by atoms with E-state index in [-0.39, 0.29) is 23.7 Å². The lowest BCUT2D eigenvalue weighted by Gasteiger charge is -2.30. The summed E-state index contributed by atoms with van der Waals surface area (Å²) in [6.07, 6.45) is 3.98. The predicted octanol–water partition coefficient (Wildman–Crippen LogP) is 4.72. The number of ether oxygens (including phenoxy) is 1. The summed E-state index contributed by atoms with van der Waals surface area (Å²) in [4.78, 5) is 24.3. The maximum Gasteiger partial charge on any atom is 0.337 e. The summed E-state index contributed by atoms with van der Waals surface area (Å²) in [5, 5.41) is 9.08. The monoisotopic (exact) mass is 457 g/mol. The minimum Gasteiger partial charge on any atom is -0.425 e. The van der Waals surface area contributed by atoms with Gasteiger partial charge in [0.15, 0.2) is 0 Å². The van der Waals surface area contributed by atoms with Crippen molar-refractivity contribution >= 4 is 11.9 Å². The predicted molar refractivity (Wildman–Crippen MR) is 131 cm³/mol. The van der Waals surface area contributed by atoms with Crippen LogP contribution in [-0.4, -0.2) is 23.6 Å². The molecule has 5 heteroatoms. The average molecular weight is 458 g/mol. The minimum atomic E-state index is -0.668. The van der Waals surface area contributed by atoms with Gasteiger partial charge >= 0.3 is 5.97 Å². The number of primary amides is 1. The molecule has 34 heavy (non-hydrogen) atoms. The van der Waals surface area contributed by atoms with Crippen LogP contribution in [0.5, 0.6) is 5.75 Å². The molecule has 0 bridgehead atoms. The SMILES string of the molecule is NC(=O)C(CC1CCCc2c(OC(=O)CO)cccc21)CC(c1ccccc1)c1ccccc1. The lowest BCUT2D eigenvalue weighted by molar-refractivity contribution is -0.137. The van der Waals surface area contributed by atoms with Crippen LogP contribution in [-0.2, 0) is 16.0 Å². The molecule has 2 atom stereocenters. The van der Waals surface area contributed by atoms with Crippen molar-refractivity contribution in [3.63, 3.8) is 0 Å². The number of benzene rings is 3. The molecule has 3 aromatic rings. The molecule has 2 unspecified atom stereocenters. The number of rotatable bonds is 9. The molecule has 1 aliphatic carbocycles. The maximum atomic E-state index is 12.7. The van der Waals surface area contributed by atoms with Gasteiger partial charge in [-0.25, -0.2) is 4.79 Å². The second-order valence-corrected chi connectivity index (χ2v) is 8.99. The van der Waals surface area contributed by atoms with Crippen molar-refractivity contribution in [1.29, 1.82) is 0 Å². The molecule has 0 fully saturated rings. The van der Waals surface area contributed by atoms with E-state index in [1.807, 2.05) is 42.5 Å². The Balaban J connectivity index is 1.60. The number of carbonyl (C=O) groups is 2. The van der Waals surface area contributed by atoms with Gasteiger partial charge in [-0.3, -0.25) is 4.79 Å². The summed E-state index contributed by atoms with van der Waals surface area (Å²) in [5.74, 6) is -0.527. The highest BCUT2D eigenvalue weighted by Crippen LogP contribution is 2.42. The van der Waals surface area contributed by atoms with Gasteiger partial charge in [-0.15, -0.1) is 0 Å². The van der Waals surface area contributed by atoms with Gasteiger partial charge < -0.3 is 15.6 Å². The summed E-state index contributed by atoms with van der Waals surface area (Å²) < 4.78 is 5.36. The fourth-order valence-corrected chi connectivity index (χ4v) is 5.20. The molecule has 3 N–H and O–H groups in total. The third-order valence-corrected chi connectivity index (χ3v) is 6.84. The van der Waals surface area contributed by atoms with Crippen LogP contribution in [0.25, 0.3) is 0 Å². The van der Waals surface area contributed by atoms with Crippen LogP contribution >= 0.6 is 0 Å². The number of aliphatic hydroxyl groups is 1. The van der Waals surface area contributed by atoms with Crippen molar-refractivity contribution in [2.24, 2.45) is 11.7 Å². The van der Waals surface area contributed by atoms with Crippen LogP contribution in [0, 0.1) is 5.92 Å². The van der Waals surface area contributed by atoms with Crippen LogP contribution < -0.4 is 10.5 Å². The summed E-state index contributed by atoms with van der Waals surface area (Å²) in [6.45, 7) is -0.656. The Hall–Kier alpha value is -3.44. The van der Waals surface area contributed by atoms with E-state index in [0.29, 0.717) is 18.6 Å². The Morgan fingerprint density at radius 3 is 2.18 bits per heavy atom. The molecule has 0 radical (unpaired) electrons. The van der Waals surface area contributed by atoms with E-state index in [1.165, 1.54) is 11.1 Å². The zero-order chi connectivity index (χ0) is 23.9. The lowest BCUT2D eigenvalue weighted by Crippen LogP contribution is -2.28. The normalized spacial score (nSPS) is 16.0. The number of fused-ring (bicyclic) bond motifs is 1. The van der Waals surface area contributed by atoms with Gasteiger partial charge in [0.05, 0.1) is 0 Å². The lowest BCUT2D eigenvalue weighted by atomic mass is 9.74. The van der Waals surface area contributed by atoms with Gasteiger partial charge in [0.25, 0.3) is 0 Å². The fourth-order valence-electron chi connectivity index (χ4n) is 5.20. The Kier molecular flexibility index (Phi) is 7.76. The van der Waals surface area contributed by atoms with Crippen LogP contribution in [0.3, 0.4) is 0 Å². The molecule has 0 spiro atoms. The Bertz CT molecular complexity index is 1070. The highest BCUT2D eigenvalue weighted by molar-refractivity contribution is 5.77. The first-order valence-corrected chi connectivity index (χ1v) is 11.9. The Labute approximate surface area is 200 Å². The van der Waals surface area contributed by atoms with Crippen molar-refractivity contribution < 1.29 is 19.4 Å². The van der Waals surface area contributed by atoms with E-state index < -0.39 is 12.6 Å². The quantitative estimate of drug-likeness (QED) is 0.359. The second-order valence-electron chi connectivity index (χ2n) is 8.99. The van der Waals surface area contributed by atoms with Gasteiger partial charge in [0, 0.05) is 11.8 Å². The molecule has 176 valence electrons. The fraction of sp³-hybridized carbons (Fsp3) is 0.310. The van der Waals surface area contributed by atoms with E-state index in [0.717, 1.165) is 30.4 Å². The average Bonchev–Trinajstić information content (AvgIpc) is 2.87. The summed E-state index contributed by atoms with van der Waals surface area (Å²) in [5.41, 5.74) is 10.4. The highest BCUT2D eigenvalue weighted by Gasteiger charge is 2.30. The first kappa shape index (κ1) is 23.7. The minimum absolute atomic E-state index is 0.0693. The topological polar surface area (TPSA) is 89.6 Å². The van der Waals surface area contributed by atoms with Crippen LogP contribution in [0.1, 0.15) is 59.8 Å². The number of hydrogen-bond acceptors (Lipinski definition) is 4. The molecule has 0 saturated heterocycles. The number of amides is 1. The van der Waals surface area contributed by atoms with E-state index in [2.05, 4.69) is 30.3 Å². The maximum absolute atomic E-state index is 12.7. The van der Waals surface area contributed by atoms with Gasteiger partial charge in [-0.1, -0.05) is 72.8 Å². The van der Waals surface area contributed by atoms with Crippen molar-refractivity contribution in [3.8, 4) is 5.75 Å². The number of aliphatic hydroxyl groups excluding tert-OH is 1. The van der Waals surface area contributed by atoms with Crippen molar-refractivity contribution in [2.45, 2.75) is 43.9 Å². The molecule has 0 heterocycles. The molecule has 0 saturated carbocycles. The van der Waals surface area contributed by atoms with Crippen molar-refractivity contribution in [2.75, 3.05) is 6.61 Å².